The van der Waals surface area contributed by atoms with Gasteiger partial charge in [-0.3, -0.25) is 0 Å². The van der Waals surface area contributed by atoms with Crippen LogP contribution in [-0.4, -0.2) is 9.97 Å². The summed E-state index contributed by atoms with van der Waals surface area (Å²) in [7, 11) is 0. The average molecular weight is 292 g/mol. The van der Waals surface area contributed by atoms with Crippen LogP contribution in [0.5, 0.6) is 0 Å². The zero-order chi connectivity index (χ0) is 12.3. The number of nitrogens with one attached hydrogen (secondary N) is 1. The van der Waals surface area contributed by atoms with Crippen LogP contribution in [0, 0.1) is 13.8 Å². The summed E-state index contributed by atoms with van der Waals surface area (Å²) in [6, 6.07) is 8.04. The van der Waals surface area contributed by atoms with Crippen molar-refractivity contribution in [2.45, 2.75) is 20.4 Å². The Morgan fingerprint density at radius 1 is 1.24 bits per heavy atom. The van der Waals surface area contributed by atoms with E-state index in [1.807, 2.05) is 25.1 Å². The van der Waals surface area contributed by atoms with Gasteiger partial charge in [-0.2, -0.15) is 0 Å². The molecule has 0 aliphatic rings. The Hall–Kier alpha value is -1.42. The van der Waals surface area contributed by atoms with E-state index in [0.717, 1.165) is 21.7 Å². The number of hydrogen-bond donors (Lipinski definition) is 1. The third kappa shape index (κ3) is 3.03. The van der Waals surface area contributed by atoms with E-state index in [-0.39, 0.29) is 0 Å². The van der Waals surface area contributed by atoms with Crippen molar-refractivity contribution in [3.63, 3.8) is 0 Å². The van der Waals surface area contributed by atoms with Crippen molar-refractivity contribution in [3.05, 3.63) is 52.0 Å². The maximum Gasteiger partial charge on any atom is 0.125 e. The number of hydrogen-bond acceptors (Lipinski definition) is 3. The number of halogens is 1. The van der Waals surface area contributed by atoms with Crippen LogP contribution in [-0.2, 0) is 6.54 Å². The standard InChI is InChI=1S/C13H14BrN3/c1-9-12(14)4-3-5-13(9)16-8-11-6-7-15-10(2)17-11/h3-7,16H,8H2,1-2H3. The SMILES string of the molecule is Cc1nccc(CNc2cccc(Br)c2C)n1. The fraction of sp³-hybridized carbons (Fsp3) is 0.231. The molecule has 0 atom stereocenters. The van der Waals surface area contributed by atoms with Crippen LogP contribution in [0.1, 0.15) is 17.1 Å². The minimum atomic E-state index is 0.709. The summed E-state index contributed by atoms with van der Waals surface area (Å²) in [5.74, 6) is 0.801. The second-order valence-corrected chi connectivity index (χ2v) is 4.72. The van der Waals surface area contributed by atoms with Gasteiger partial charge in [0.2, 0.25) is 0 Å². The molecule has 0 fully saturated rings. The number of nitrogens with zero attached hydrogens (tertiary/aromatic N) is 2. The van der Waals surface area contributed by atoms with Gasteiger partial charge in [0.25, 0.3) is 0 Å². The minimum absolute atomic E-state index is 0.709. The molecule has 0 amide bonds. The summed E-state index contributed by atoms with van der Waals surface area (Å²) in [5, 5.41) is 3.38. The Morgan fingerprint density at radius 3 is 2.82 bits per heavy atom. The molecule has 17 heavy (non-hydrogen) atoms. The highest BCUT2D eigenvalue weighted by atomic mass is 79.9. The molecular weight excluding hydrogens is 278 g/mol. The first-order valence-corrected chi connectivity index (χ1v) is 6.23. The number of rotatable bonds is 3. The van der Waals surface area contributed by atoms with Crippen molar-refractivity contribution >= 4 is 21.6 Å². The molecule has 1 heterocycles. The Morgan fingerprint density at radius 2 is 2.06 bits per heavy atom. The number of anilines is 1. The van der Waals surface area contributed by atoms with Crippen LogP contribution in [0.2, 0.25) is 0 Å². The smallest absolute Gasteiger partial charge is 0.125 e. The van der Waals surface area contributed by atoms with E-state index < -0.39 is 0 Å². The summed E-state index contributed by atoms with van der Waals surface area (Å²) >= 11 is 3.52. The fourth-order valence-corrected chi connectivity index (χ4v) is 1.95. The van der Waals surface area contributed by atoms with Crippen molar-refractivity contribution < 1.29 is 0 Å². The van der Waals surface area contributed by atoms with Gasteiger partial charge >= 0.3 is 0 Å². The van der Waals surface area contributed by atoms with Gasteiger partial charge in [0.05, 0.1) is 12.2 Å². The molecule has 1 N–H and O–H groups in total. The van der Waals surface area contributed by atoms with Crippen LogP contribution in [0.3, 0.4) is 0 Å². The molecule has 1 aromatic carbocycles. The molecule has 0 radical (unpaired) electrons. The van der Waals surface area contributed by atoms with Gasteiger partial charge in [0.15, 0.2) is 0 Å². The molecule has 0 aliphatic carbocycles. The lowest BCUT2D eigenvalue weighted by Gasteiger charge is -2.10. The predicted molar refractivity (Wildman–Crippen MR) is 73.0 cm³/mol. The van der Waals surface area contributed by atoms with Crippen LogP contribution in [0.4, 0.5) is 5.69 Å². The van der Waals surface area contributed by atoms with E-state index in [2.05, 4.69) is 44.2 Å². The van der Waals surface area contributed by atoms with Gasteiger partial charge in [-0.05, 0) is 37.6 Å². The largest absolute Gasteiger partial charge is 0.379 e. The molecule has 1 aromatic heterocycles. The minimum Gasteiger partial charge on any atom is -0.379 e. The Kier molecular flexibility index (Phi) is 3.74. The zero-order valence-electron chi connectivity index (χ0n) is 9.87. The molecule has 4 heteroatoms. The number of aromatic nitrogens is 2. The monoisotopic (exact) mass is 291 g/mol. The van der Waals surface area contributed by atoms with Gasteiger partial charge < -0.3 is 5.32 Å². The van der Waals surface area contributed by atoms with E-state index in [0.29, 0.717) is 6.54 Å². The second kappa shape index (κ2) is 5.27. The maximum atomic E-state index is 4.36. The van der Waals surface area contributed by atoms with Gasteiger partial charge in [-0.15, -0.1) is 0 Å². The van der Waals surface area contributed by atoms with Gasteiger partial charge in [0, 0.05) is 16.4 Å². The van der Waals surface area contributed by atoms with E-state index in [9.17, 15) is 0 Å². The molecule has 88 valence electrons. The van der Waals surface area contributed by atoms with Gasteiger partial charge in [-0.1, -0.05) is 22.0 Å². The molecule has 0 aliphatic heterocycles. The summed E-state index contributed by atoms with van der Waals surface area (Å²) in [6.45, 7) is 4.69. The number of benzene rings is 1. The van der Waals surface area contributed by atoms with Crippen molar-refractivity contribution in [2.75, 3.05) is 5.32 Å². The molecular formula is C13H14BrN3. The molecule has 0 bridgehead atoms. The second-order valence-electron chi connectivity index (χ2n) is 3.86. The van der Waals surface area contributed by atoms with Crippen molar-refractivity contribution in [2.24, 2.45) is 0 Å². The summed E-state index contributed by atoms with van der Waals surface area (Å²) in [5.41, 5.74) is 3.32. The lowest BCUT2D eigenvalue weighted by molar-refractivity contribution is 0.954. The van der Waals surface area contributed by atoms with Gasteiger partial charge in [0.1, 0.15) is 5.82 Å². The Labute approximate surface area is 109 Å². The van der Waals surface area contributed by atoms with Crippen molar-refractivity contribution in [3.8, 4) is 0 Å². The Balaban J connectivity index is 2.10. The lowest BCUT2D eigenvalue weighted by Crippen LogP contribution is -2.04. The zero-order valence-corrected chi connectivity index (χ0v) is 11.5. The maximum absolute atomic E-state index is 4.36. The molecule has 2 aromatic rings. The Bertz CT molecular complexity index is 526. The quantitative estimate of drug-likeness (QED) is 0.941. The first-order valence-electron chi connectivity index (χ1n) is 5.44. The third-order valence-corrected chi connectivity index (χ3v) is 3.42. The first-order chi connectivity index (χ1) is 8.16. The third-order valence-electron chi connectivity index (χ3n) is 2.56. The molecule has 0 spiro atoms. The molecule has 2 rings (SSSR count). The van der Waals surface area contributed by atoms with Crippen LogP contribution in [0.25, 0.3) is 0 Å². The van der Waals surface area contributed by atoms with E-state index in [1.165, 1.54) is 5.56 Å². The highest BCUT2D eigenvalue weighted by Gasteiger charge is 2.01. The van der Waals surface area contributed by atoms with Crippen LogP contribution >= 0.6 is 15.9 Å². The van der Waals surface area contributed by atoms with Crippen molar-refractivity contribution in [1.29, 1.82) is 0 Å². The molecule has 0 saturated heterocycles. The highest BCUT2D eigenvalue weighted by Crippen LogP contribution is 2.23. The van der Waals surface area contributed by atoms with Crippen molar-refractivity contribution in [1.82, 2.24) is 9.97 Å². The normalized spacial score (nSPS) is 10.3. The van der Waals surface area contributed by atoms with E-state index in [1.54, 1.807) is 6.20 Å². The van der Waals surface area contributed by atoms with E-state index >= 15 is 0 Å². The van der Waals surface area contributed by atoms with Crippen LogP contribution in [0.15, 0.2) is 34.9 Å². The topological polar surface area (TPSA) is 37.8 Å². The summed E-state index contributed by atoms with van der Waals surface area (Å²) in [6.07, 6.45) is 1.78. The van der Waals surface area contributed by atoms with Crippen LogP contribution < -0.4 is 5.32 Å². The number of aryl methyl sites for hydroxylation is 1. The van der Waals surface area contributed by atoms with E-state index in [4.69, 9.17) is 0 Å². The predicted octanol–water partition coefficient (Wildman–Crippen LogP) is 3.47. The summed E-state index contributed by atoms with van der Waals surface area (Å²) in [4.78, 5) is 8.44. The molecule has 3 nitrogen and oxygen atoms in total. The average Bonchev–Trinajstić information content (AvgIpc) is 2.31. The molecule has 0 saturated carbocycles. The highest BCUT2D eigenvalue weighted by molar-refractivity contribution is 9.10. The van der Waals surface area contributed by atoms with Gasteiger partial charge in [-0.25, -0.2) is 9.97 Å². The fourth-order valence-electron chi connectivity index (χ4n) is 1.59. The lowest BCUT2D eigenvalue weighted by atomic mass is 10.2. The first kappa shape index (κ1) is 12.0. The summed E-state index contributed by atoms with van der Waals surface area (Å²) < 4.78 is 1.11. The molecule has 0 unspecified atom stereocenters.